The SMILES string of the molecule is Cc1ccc(NN=Cc2ccc(O)cc2)cc1C. The summed E-state index contributed by atoms with van der Waals surface area (Å²) in [4.78, 5) is 0. The molecule has 0 amide bonds. The molecule has 0 atom stereocenters. The highest BCUT2D eigenvalue weighted by Crippen LogP contribution is 2.14. The fraction of sp³-hybridized carbons (Fsp3) is 0.133. The number of phenols is 1. The van der Waals surface area contributed by atoms with E-state index in [1.54, 1.807) is 30.5 Å². The first kappa shape index (κ1) is 12.2. The third kappa shape index (κ3) is 3.10. The van der Waals surface area contributed by atoms with E-state index in [1.165, 1.54) is 11.1 Å². The largest absolute Gasteiger partial charge is 0.508 e. The van der Waals surface area contributed by atoms with Gasteiger partial charge in [-0.15, -0.1) is 0 Å². The topological polar surface area (TPSA) is 44.6 Å². The zero-order valence-corrected chi connectivity index (χ0v) is 10.5. The number of hydrogen-bond acceptors (Lipinski definition) is 3. The zero-order valence-electron chi connectivity index (χ0n) is 10.5. The zero-order chi connectivity index (χ0) is 13.0. The minimum absolute atomic E-state index is 0.259. The molecule has 0 aliphatic carbocycles. The summed E-state index contributed by atoms with van der Waals surface area (Å²) >= 11 is 0. The van der Waals surface area contributed by atoms with E-state index in [4.69, 9.17) is 5.11 Å². The molecule has 0 spiro atoms. The number of phenolic OH excluding ortho intramolecular Hbond substituents is 1. The van der Waals surface area contributed by atoms with E-state index in [2.05, 4.69) is 36.5 Å². The predicted octanol–water partition coefficient (Wildman–Crippen LogP) is 3.46. The molecular weight excluding hydrogens is 224 g/mol. The van der Waals surface area contributed by atoms with Crippen molar-refractivity contribution in [2.24, 2.45) is 5.10 Å². The minimum Gasteiger partial charge on any atom is -0.508 e. The van der Waals surface area contributed by atoms with Crippen molar-refractivity contribution < 1.29 is 5.11 Å². The van der Waals surface area contributed by atoms with Gasteiger partial charge >= 0.3 is 0 Å². The van der Waals surface area contributed by atoms with Crippen molar-refractivity contribution in [2.75, 3.05) is 5.43 Å². The molecule has 0 fully saturated rings. The van der Waals surface area contributed by atoms with E-state index in [1.807, 2.05) is 6.07 Å². The third-order valence-corrected chi connectivity index (χ3v) is 2.81. The maximum atomic E-state index is 9.16. The number of aromatic hydroxyl groups is 1. The van der Waals surface area contributed by atoms with Crippen LogP contribution in [0.5, 0.6) is 5.75 Å². The Morgan fingerprint density at radius 2 is 1.72 bits per heavy atom. The summed E-state index contributed by atoms with van der Waals surface area (Å²) in [5.74, 6) is 0.259. The Kier molecular flexibility index (Phi) is 3.63. The lowest BCUT2D eigenvalue weighted by atomic mass is 10.1. The number of hydrogen-bond donors (Lipinski definition) is 2. The Balaban J connectivity index is 2.02. The molecule has 3 nitrogen and oxygen atoms in total. The molecule has 0 aromatic heterocycles. The van der Waals surface area contributed by atoms with Gasteiger partial charge in [-0.05, 0) is 66.9 Å². The number of hydrazone groups is 1. The van der Waals surface area contributed by atoms with Crippen molar-refractivity contribution >= 4 is 11.9 Å². The first-order valence-corrected chi connectivity index (χ1v) is 5.80. The van der Waals surface area contributed by atoms with Gasteiger partial charge in [-0.3, -0.25) is 5.43 Å². The fourth-order valence-electron chi connectivity index (χ4n) is 1.55. The van der Waals surface area contributed by atoms with E-state index in [9.17, 15) is 0 Å². The highest BCUT2D eigenvalue weighted by molar-refractivity contribution is 5.80. The van der Waals surface area contributed by atoms with Gasteiger partial charge in [-0.2, -0.15) is 5.10 Å². The van der Waals surface area contributed by atoms with Crippen LogP contribution in [0.1, 0.15) is 16.7 Å². The molecule has 3 heteroatoms. The highest BCUT2D eigenvalue weighted by Gasteiger charge is 1.94. The molecule has 2 aromatic carbocycles. The molecule has 2 N–H and O–H groups in total. The Morgan fingerprint density at radius 1 is 1.00 bits per heavy atom. The smallest absolute Gasteiger partial charge is 0.115 e. The number of aryl methyl sites for hydroxylation is 2. The van der Waals surface area contributed by atoms with Crippen LogP contribution < -0.4 is 5.43 Å². The van der Waals surface area contributed by atoms with Crippen LogP contribution in [0.2, 0.25) is 0 Å². The highest BCUT2D eigenvalue weighted by atomic mass is 16.3. The molecule has 0 heterocycles. The second kappa shape index (κ2) is 5.36. The van der Waals surface area contributed by atoms with E-state index in [-0.39, 0.29) is 5.75 Å². The minimum atomic E-state index is 0.259. The van der Waals surface area contributed by atoms with E-state index in [0.29, 0.717) is 0 Å². The van der Waals surface area contributed by atoms with Crippen LogP contribution in [0.25, 0.3) is 0 Å². The standard InChI is InChI=1S/C15H16N2O/c1-11-3-6-14(9-12(11)2)17-16-10-13-4-7-15(18)8-5-13/h3-10,17-18H,1-2H3. The number of nitrogens with one attached hydrogen (secondary N) is 1. The van der Waals surface area contributed by atoms with Gasteiger partial charge in [-0.25, -0.2) is 0 Å². The summed E-state index contributed by atoms with van der Waals surface area (Å²) in [7, 11) is 0. The van der Waals surface area contributed by atoms with Crippen LogP contribution in [0.4, 0.5) is 5.69 Å². The maximum Gasteiger partial charge on any atom is 0.115 e. The lowest BCUT2D eigenvalue weighted by molar-refractivity contribution is 0.475. The van der Waals surface area contributed by atoms with Gasteiger partial charge in [0.25, 0.3) is 0 Å². The normalized spacial score (nSPS) is 10.8. The first-order valence-electron chi connectivity index (χ1n) is 5.80. The summed E-state index contributed by atoms with van der Waals surface area (Å²) in [6, 6.07) is 13.0. The van der Waals surface area contributed by atoms with Gasteiger partial charge in [0.05, 0.1) is 11.9 Å². The molecule has 2 rings (SSSR count). The fourth-order valence-corrected chi connectivity index (χ4v) is 1.55. The number of rotatable bonds is 3. The molecule has 0 saturated heterocycles. The Bertz CT molecular complexity index is 559. The van der Waals surface area contributed by atoms with Crippen LogP contribution in [0.3, 0.4) is 0 Å². The molecule has 18 heavy (non-hydrogen) atoms. The Labute approximate surface area is 107 Å². The van der Waals surface area contributed by atoms with Gasteiger partial charge in [0.2, 0.25) is 0 Å². The third-order valence-electron chi connectivity index (χ3n) is 2.81. The van der Waals surface area contributed by atoms with E-state index in [0.717, 1.165) is 11.3 Å². The monoisotopic (exact) mass is 240 g/mol. The average Bonchev–Trinajstić information content (AvgIpc) is 2.36. The van der Waals surface area contributed by atoms with Crippen molar-refractivity contribution in [1.29, 1.82) is 0 Å². The summed E-state index contributed by atoms with van der Waals surface area (Å²) in [5.41, 5.74) is 7.39. The summed E-state index contributed by atoms with van der Waals surface area (Å²) in [6.07, 6.45) is 1.72. The first-order chi connectivity index (χ1) is 8.65. The van der Waals surface area contributed by atoms with Gasteiger partial charge < -0.3 is 5.11 Å². The Hall–Kier alpha value is -2.29. The summed E-state index contributed by atoms with van der Waals surface area (Å²) < 4.78 is 0. The van der Waals surface area contributed by atoms with Gasteiger partial charge in [0, 0.05) is 0 Å². The summed E-state index contributed by atoms with van der Waals surface area (Å²) in [5, 5.41) is 13.3. The maximum absolute atomic E-state index is 9.16. The quantitative estimate of drug-likeness (QED) is 0.637. The van der Waals surface area contributed by atoms with Crippen molar-refractivity contribution in [1.82, 2.24) is 0 Å². The van der Waals surface area contributed by atoms with Crippen LogP contribution in [-0.4, -0.2) is 11.3 Å². The molecule has 0 aliphatic heterocycles. The van der Waals surface area contributed by atoms with Crippen LogP contribution in [0.15, 0.2) is 47.6 Å². The van der Waals surface area contributed by atoms with Crippen LogP contribution >= 0.6 is 0 Å². The van der Waals surface area contributed by atoms with Gasteiger partial charge in [-0.1, -0.05) is 6.07 Å². The molecule has 0 bridgehead atoms. The number of nitrogens with zero attached hydrogens (tertiary/aromatic N) is 1. The predicted molar refractivity (Wildman–Crippen MR) is 75.2 cm³/mol. The summed E-state index contributed by atoms with van der Waals surface area (Å²) in [6.45, 7) is 4.16. The number of anilines is 1. The van der Waals surface area contributed by atoms with E-state index < -0.39 is 0 Å². The van der Waals surface area contributed by atoms with Crippen molar-refractivity contribution in [3.8, 4) is 5.75 Å². The second-order valence-corrected chi connectivity index (χ2v) is 4.26. The van der Waals surface area contributed by atoms with Gasteiger partial charge in [0.15, 0.2) is 0 Å². The molecule has 0 saturated carbocycles. The number of benzene rings is 2. The van der Waals surface area contributed by atoms with Crippen LogP contribution in [-0.2, 0) is 0 Å². The van der Waals surface area contributed by atoms with Crippen molar-refractivity contribution in [3.05, 3.63) is 59.2 Å². The molecular formula is C15H16N2O. The average molecular weight is 240 g/mol. The van der Waals surface area contributed by atoms with Crippen molar-refractivity contribution in [2.45, 2.75) is 13.8 Å². The lowest BCUT2D eigenvalue weighted by Gasteiger charge is -2.04. The van der Waals surface area contributed by atoms with E-state index >= 15 is 0 Å². The van der Waals surface area contributed by atoms with Crippen molar-refractivity contribution in [3.63, 3.8) is 0 Å². The molecule has 0 aliphatic rings. The molecule has 0 radical (unpaired) electrons. The molecule has 92 valence electrons. The molecule has 2 aromatic rings. The van der Waals surface area contributed by atoms with Gasteiger partial charge in [0.1, 0.15) is 5.75 Å². The van der Waals surface area contributed by atoms with Crippen LogP contribution in [0, 0.1) is 13.8 Å². The second-order valence-electron chi connectivity index (χ2n) is 4.26. The molecule has 0 unspecified atom stereocenters. The Morgan fingerprint density at radius 3 is 2.39 bits per heavy atom. The lowest BCUT2D eigenvalue weighted by Crippen LogP contribution is -1.91.